The van der Waals surface area contributed by atoms with Crippen LogP contribution in [0.3, 0.4) is 0 Å². The lowest BCUT2D eigenvalue weighted by Crippen LogP contribution is -2.56. The Morgan fingerprint density at radius 1 is 1.25 bits per heavy atom. The second-order valence-corrected chi connectivity index (χ2v) is 8.45. The number of hydrogen-bond acceptors (Lipinski definition) is 6. The Hall–Kier alpha value is -1.57. The van der Waals surface area contributed by atoms with Gasteiger partial charge in [-0.25, -0.2) is 0 Å². The van der Waals surface area contributed by atoms with E-state index in [1.165, 1.54) is 4.90 Å². The molecule has 4 atom stereocenters. The number of rotatable bonds is 7. The molecule has 1 aromatic carbocycles. The number of thioether (sulfide) groups is 1. The lowest BCUT2D eigenvalue weighted by Gasteiger charge is -2.32. The van der Waals surface area contributed by atoms with Gasteiger partial charge in [0.25, 0.3) is 0 Å². The van der Waals surface area contributed by atoms with Gasteiger partial charge >= 0.3 is 5.97 Å². The molecule has 0 spiro atoms. The zero-order valence-electron chi connectivity index (χ0n) is 16.2. The third kappa shape index (κ3) is 3.33. The van der Waals surface area contributed by atoms with E-state index < -0.39 is 29.4 Å². The van der Waals surface area contributed by atoms with Crippen molar-refractivity contribution in [2.24, 2.45) is 11.8 Å². The highest BCUT2D eigenvalue weighted by molar-refractivity contribution is 7.98. The molecule has 1 aromatic rings. The Morgan fingerprint density at radius 2 is 1.93 bits per heavy atom. The Labute approximate surface area is 174 Å². The fraction of sp³-hybridized carbons (Fsp3) is 0.550. The van der Waals surface area contributed by atoms with Crippen LogP contribution < -0.4 is 5.32 Å². The van der Waals surface area contributed by atoms with Crippen molar-refractivity contribution in [2.75, 3.05) is 25.2 Å². The first kappa shape index (κ1) is 21.1. The first-order valence-electron chi connectivity index (χ1n) is 9.45. The summed E-state index contributed by atoms with van der Waals surface area (Å²) in [5, 5.41) is 3.95. The number of benzene rings is 1. The number of carbonyl (C=O) groups excluding carboxylic acids is 3. The van der Waals surface area contributed by atoms with Gasteiger partial charge in [0.15, 0.2) is 0 Å². The van der Waals surface area contributed by atoms with E-state index in [4.69, 9.17) is 16.3 Å². The lowest BCUT2D eigenvalue weighted by atomic mass is 9.78. The number of carbonyl (C=O) groups is 3. The predicted molar refractivity (Wildman–Crippen MR) is 109 cm³/mol. The van der Waals surface area contributed by atoms with E-state index in [-0.39, 0.29) is 18.4 Å². The van der Waals surface area contributed by atoms with Crippen molar-refractivity contribution in [3.05, 3.63) is 34.9 Å². The maximum absolute atomic E-state index is 13.2. The molecule has 2 heterocycles. The summed E-state index contributed by atoms with van der Waals surface area (Å²) in [6.45, 7) is 4.02. The molecule has 2 amide bonds. The molecule has 0 saturated carbocycles. The lowest BCUT2D eigenvalue weighted by molar-refractivity contribution is -0.156. The number of imide groups is 1. The van der Waals surface area contributed by atoms with Gasteiger partial charge in [0.2, 0.25) is 11.8 Å². The molecule has 0 radical (unpaired) electrons. The Balaban J connectivity index is 2.11. The summed E-state index contributed by atoms with van der Waals surface area (Å²) in [6.07, 6.45) is 2.36. The van der Waals surface area contributed by atoms with Crippen LogP contribution in [0.25, 0.3) is 0 Å². The van der Waals surface area contributed by atoms with E-state index in [9.17, 15) is 14.4 Å². The largest absolute Gasteiger partial charge is 0.465 e. The molecule has 3 rings (SSSR count). The molecule has 2 saturated heterocycles. The second kappa shape index (κ2) is 8.43. The van der Waals surface area contributed by atoms with Gasteiger partial charge in [-0.2, -0.15) is 11.8 Å². The normalized spacial score (nSPS) is 29.3. The number of esters is 1. The van der Waals surface area contributed by atoms with Crippen molar-refractivity contribution in [1.82, 2.24) is 10.2 Å². The third-order valence-electron chi connectivity index (χ3n) is 5.63. The summed E-state index contributed by atoms with van der Waals surface area (Å²) in [5.41, 5.74) is -0.390. The molecule has 6 nitrogen and oxygen atoms in total. The molecule has 152 valence electrons. The van der Waals surface area contributed by atoms with Gasteiger partial charge in [-0.1, -0.05) is 23.7 Å². The predicted octanol–water partition coefficient (Wildman–Crippen LogP) is 2.66. The van der Waals surface area contributed by atoms with E-state index >= 15 is 0 Å². The quantitative estimate of drug-likeness (QED) is 0.535. The van der Waals surface area contributed by atoms with E-state index in [2.05, 4.69) is 5.32 Å². The highest BCUT2D eigenvalue weighted by atomic mass is 35.5. The molecule has 2 aliphatic heterocycles. The van der Waals surface area contributed by atoms with Crippen molar-refractivity contribution in [2.45, 2.75) is 31.8 Å². The van der Waals surface area contributed by atoms with Crippen molar-refractivity contribution in [3.8, 4) is 0 Å². The highest BCUT2D eigenvalue weighted by Gasteiger charge is 2.68. The van der Waals surface area contributed by atoms with Gasteiger partial charge in [-0.3, -0.25) is 24.6 Å². The molecule has 0 unspecified atom stereocenters. The number of halogens is 1. The second-order valence-electron chi connectivity index (χ2n) is 7.03. The van der Waals surface area contributed by atoms with E-state index in [1.54, 1.807) is 37.7 Å². The molecule has 0 aromatic heterocycles. The summed E-state index contributed by atoms with van der Waals surface area (Å²) in [5.74, 6) is -1.74. The average Bonchev–Trinajstić information content (AvgIpc) is 3.15. The van der Waals surface area contributed by atoms with Crippen LogP contribution >= 0.6 is 23.4 Å². The summed E-state index contributed by atoms with van der Waals surface area (Å²) >= 11 is 7.61. The van der Waals surface area contributed by atoms with Gasteiger partial charge in [0, 0.05) is 17.6 Å². The Morgan fingerprint density at radius 3 is 2.50 bits per heavy atom. The summed E-state index contributed by atoms with van der Waals surface area (Å²) in [6, 6.07) is 6.71. The van der Waals surface area contributed by atoms with Gasteiger partial charge in [0.1, 0.15) is 5.54 Å². The number of amides is 2. The van der Waals surface area contributed by atoms with E-state index in [0.29, 0.717) is 23.7 Å². The summed E-state index contributed by atoms with van der Waals surface area (Å²) in [7, 11) is 0. The van der Waals surface area contributed by atoms with Gasteiger partial charge < -0.3 is 4.74 Å². The minimum Gasteiger partial charge on any atom is -0.465 e. The first-order chi connectivity index (χ1) is 13.4. The highest BCUT2D eigenvalue weighted by Crippen LogP contribution is 2.50. The Bertz CT molecular complexity index is 772. The number of hydrogen-bond donors (Lipinski definition) is 1. The maximum Gasteiger partial charge on any atom is 0.327 e. The number of nitrogens with one attached hydrogen (secondary N) is 1. The molecule has 28 heavy (non-hydrogen) atoms. The van der Waals surface area contributed by atoms with E-state index in [1.807, 2.05) is 18.4 Å². The SMILES string of the molecule is CCOC(=O)[C@]1(CCSC)N[C@H](c2ccc(Cl)cc2)[C@@H]2C(=O)N(CC)C(=O)[C@H]21. The van der Waals surface area contributed by atoms with Crippen LogP contribution in [0.5, 0.6) is 0 Å². The molecule has 0 bridgehead atoms. The zero-order valence-corrected chi connectivity index (χ0v) is 17.8. The Kier molecular flexibility index (Phi) is 6.37. The standard InChI is InChI=1S/C20H25ClN2O4S/c1-4-23-17(24)14-15(18(23)25)20(10-11-28-3,19(26)27-5-2)22-16(14)12-6-8-13(21)9-7-12/h6-9,14-16,22H,4-5,10-11H2,1-3H3/t14-,15+,16-,20-/m1/s1. The van der Waals surface area contributed by atoms with Crippen LogP contribution in [0, 0.1) is 11.8 Å². The summed E-state index contributed by atoms with van der Waals surface area (Å²) < 4.78 is 5.38. The smallest absolute Gasteiger partial charge is 0.327 e. The summed E-state index contributed by atoms with van der Waals surface area (Å²) in [4.78, 5) is 40.6. The minimum absolute atomic E-state index is 0.212. The van der Waals surface area contributed by atoms with Crippen LogP contribution in [0.15, 0.2) is 24.3 Å². The van der Waals surface area contributed by atoms with Crippen LogP contribution in [-0.2, 0) is 19.1 Å². The van der Waals surface area contributed by atoms with Gasteiger partial charge in [-0.15, -0.1) is 0 Å². The van der Waals surface area contributed by atoms with Gasteiger partial charge in [0.05, 0.1) is 18.4 Å². The number of likely N-dealkylation sites (tertiary alicyclic amines) is 1. The molecule has 1 N–H and O–H groups in total. The molecular weight excluding hydrogens is 400 g/mol. The van der Waals surface area contributed by atoms with Gasteiger partial charge in [-0.05, 0) is 50.0 Å². The average molecular weight is 425 g/mol. The molecule has 2 aliphatic rings. The van der Waals surface area contributed by atoms with Crippen molar-refractivity contribution >= 4 is 41.1 Å². The van der Waals surface area contributed by atoms with Crippen molar-refractivity contribution < 1.29 is 19.1 Å². The third-order valence-corrected chi connectivity index (χ3v) is 6.50. The fourth-order valence-electron chi connectivity index (χ4n) is 4.37. The molecule has 8 heteroatoms. The van der Waals surface area contributed by atoms with Crippen molar-refractivity contribution in [3.63, 3.8) is 0 Å². The molecule has 2 fully saturated rings. The number of nitrogens with zero attached hydrogens (tertiary/aromatic N) is 1. The van der Waals surface area contributed by atoms with Crippen molar-refractivity contribution in [1.29, 1.82) is 0 Å². The monoisotopic (exact) mass is 424 g/mol. The first-order valence-corrected chi connectivity index (χ1v) is 11.2. The molecule has 0 aliphatic carbocycles. The topological polar surface area (TPSA) is 75.7 Å². The van der Waals surface area contributed by atoms with Crippen LogP contribution in [0.2, 0.25) is 5.02 Å². The maximum atomic E-state index is 13.2. The van der Waals surface area contributed by atoms with Crippen LogP contribution in [0.1, 0.15) is 31.9 Å². The van der Waals surface area contributed by atoms with Crippen LogP contribution in [0.4, 0.5) is 0 Å². The van der Waals surface area contributed by atoms with Crippen LogP contribution in [-0.4, -0.2) is 53.4 Å². The zero-order chi connectivity index (χ0) is 20.5. The fourth-order valence-corrected chi connectivity index (χ4v) is 5.03. The molecular formula is C20H25ClN2O4S. The minimum atomic E-state index is -1.22. The van der Waals surface area contributed by atoms with E-state index in [0.717, 1.165) is 5.56 Å². The number of fused-ring (bicyclic) bond motifs is 1. The number of ether oxygens (including phenoxy) is 1.